The molecule has 25 heavy (non-hydrogen) atoms. The fraction of sp³-hybridized carbons (Fsp3) is 0.167. The van der Waals surface area contributed by atoms with E-state index in [4.69, 9.17) is 17.5 Å². The summed E-state index contributed by atoms with van der Waals surface area (Å²) in [5, 5.41) is 1.38. The monoisotopic (exact) mass is 421 g/mol. The Hall–Kier alpha value is -1.76. The third-order valence-electron chi connectivity index (χ3n) is 4.54. The van der Waals surface area contributed by atoms with Gasteiger partial charge in [-0.25, -0.2) is 8.42 Å². The number of rotatable bonds is 0. The van der Waals surface area contributed by atoms with Gasteiger partial charge in [0.15, 0.2) is 0 Å². The van der Waals surface area contributed by atoms with Crippen LogP contribution in [-0.2, 0) is 16.8 Å². The molecule has 1 aromatic heterocycles. The standard InChI is InChI=1S/C18H14NSe.H2O4S/c1-2-8-14-13(5-1)11-16-18(14)19-10-4-7-12-6-3-9-15(20-16)17(12)19;1-5(2,3)4/h1-10,16,18H,11H2;(H2,1,2,3,4)/q+1;/p-1/t16-,18+;/m1./s1. The molecule has 0 radical (unpaired) electrons. The van der Waals surface area contributed by atoms with E-state index in [9.17, 15) is 0 Å². The molecule has 1 N–H and O–H groups in total. The average Bonchev–Trinajstić information content (AvgIpc) is 2.92. The van der Waals surface area contributed by atoms with Gasteiger partial charge in [-0.3, -0.25) is 4.55 Å². The number of nitrogens with zero attached hydrogens (tertiary/aromatic N) is 1. The molecule has 0 bridgehead atoms. The zero-order chi connectivity index (χ0) is 17.6. The van der Waals surface area contributed by atoms with E-state index >= 15 is 0 Å². The fourth-order valence-corrected chi connectivity index (χ4v) is 6.85. The van der Waals surface area contributed by atoms with Crippen molar-refractivity contribution in [2.24, 2.45) is 0 Å². The van der Waals surface area contributed by atoms with Gasteiger partial charge < -0.3 is 4.55 Å². The van der Waals surface area contributed by atoms with E-state index in [1.807, 2.05) is 0 Å². The van der Waals surface area contributed by atoms with Crippen LogP contribution in [-0.4, -0.2) is 32.5 Å². The predicted octanol–water partition coefficient (Wildman–Crippen LogP) is 1.41. The summed E-state index contributed by atoms with van der Waals surface area (Å²) in [4.78, 5) is 0.783. The van der Waals surface area contributed by atoms with Crippen LogP contribution < -0.4 is 9.03 Å². The van der Waals surface area contributed by atoms with Crippen LogP contribution in [0.1, 0.15) is 17.2 Å². The van der Waals surface area contributed by atoms with Gasteiger partial charge in [0, 0.05) is 0 Å². The van der Waals surface area contributed by atoms with Crippen LogP contribution in [0.3, 0.4) is 0 Å². The van der Waals surface area contributed by atoms with Crippen molar-refractivity contribution in [3.8, 4) is 0 Å². The molecule has 0 fully saturated rings. The van der Waals surface area contributed by atoms with E-state index in [1.165, 1.54) is 17.3 Å². The normalized spacial score (nSPS) is 20.4. The molecule has 0 saturated heterocycles. The van der Waals surface area contributed by atoms with Gasteiger partial charge in [0.25, 0.3) is 0 Å². The molecule has 0 saturated carbocycles. The molecule has 7 heteroatoms. The van der Waals surface area contributed by atoms with Crippen LogP contribution in [0.25, 0.3) is 10.9 Å². The van der Waals surface area contributed by atoms with Crippen LogP contribution >= 0.6 is 0 Å². The first-order chi connectivity index (χ1) is 11.9. The minimum absolute atomic E-state index is 0.560. The summed E-state index contributed by atoms with van der Waals surface area (Å²) in [6.07, 6.45) is 3.53. The second-order valence-corrected chi connectivity index (χ2v) is 9.58. The Morgan fingerprint density at radius 1 is 1.08 bits per heavy atom. The summed E-state index contributed by atoms with van der Waals surface area (Å²) < 4.78 is 36.9. The topological polar surface area (TPSA) is 81.3 Å². The Labute approximate surface area is 152 Å². The number of hydrogen-bond acceptors (Lipinski definition) is 3. The molecule has 2 heterocycles. The molecule has 2 aliphatic rings. The van der Waals surface area contributed by atoms with Gasteiger partial charge in [-0.1, -0.05) is 0 Å². The summed E-state index contributed by atoms with van der Waals surface area (Å²) in [7, 11) is -4.92. The summed E-state index contributed by atoms with van der Waals surface area (Å²) in [5.41, 5.74) is 4.57. The first kappa shape index (κ1) is 16.7. The molecule has 1 aliphatic heterocycles. The van der Waals surface area contributed by atoms with Gasteiger partial charge in [-0.15, -0.1) is 0 Å². The Morgan fingerprint density at radius 2 is 1.80 bits per heavy atom. The number of pyridine rings is 1. The Morgan fingerprint density at radius 3 is 2.60 bits per heavy atom. The fourth-order valence-electron chi connectivity index (χ4n) is 3.73. The number of hydrogen-bond donors (Lipinski definition) is 1. The quantitative estimate of drug-likeness (QED) is 0.258. The van der Waals surface area contributed by atoms with Crippen molar-refractivity contribution in [3.05, 3.63) is 71.9 Å². The molecular formula is C18H15NO4SSe. The van der Waals surface area contributed by atoms with E-state index < -0.39 is 10.4 Å². The second-order valence-electron chi connectivity index (χ2n) is 6.04. The third-order valence-corrected chi connectivity index (χ3v) is 7.29. The second kappa shape index (κ2) is 6.20. The Balaban J connectivity index is 0.000000280. The van der Waals surface area contributed by atoms with Crippen LogP contribution in [0.5, 0.6) is 0 Å². The van der Waals surface area contributed by atoms with Gasteiger partial charge in [0.2, 0.25) is 10.4 Å². The summed E-state index contributed by atoms with van der Waals surface area (Å²) >= 11 is 0.574. The molecule has 5 nitrogen and oxygen atoms in total. The van der Waals surface area contributed by atoms with Crippen molar-refractivity contribution in [1.82, 2.24) is 0 Å². The molecule has 0 unspecified atom stereocenters. The maximum atomic E-state index is 8.63. The van der Waals surface area contributed by atoms with Gasteiger partial charge in [0.1, 0.15) is 0 Å². The van der Waals surface area contributed by atoms with Crippen molar-refractivity contribution in [1.29, 1.82) is 0 Å². The molecule has 0 amide bonds. The number of fused-ring (bicyclic) bond motifs is 4. The van der Waals surface area contributed by atoms with Crippen molar-refractivity contribution >= 4 is 40.7 Å². The molecule has 5 rings (SSSR count). The molecule has 128 valence electrons. The van der Waals surface area contributed by atoms with Gasteiger partial charge >= 0.3 is 124 Å². The van der Waals surface area contributed by atoms with Crippen LogP contribution in [0.4, 0.5) is 0 Å². The van der Waals surface area contributed by atoms with Crippen LogP contribution in [0.2, 0.25) is 4.82 Å². The Kier molecular flexibility index (Phi) is 4.14. The first-order valence-corrected chi connectivity index (χ1v) is 11.0. The molecule has 0 spiro atoms. The van der Waals surface area contributed by atoms with Crippen molar-refractivity contribution in [3.63, 3.8) is 0 Å². The number of para-hydroxylation sites is 1. The predicted molar refractivity (Wildman–Crippen MR) is 93.9 cm³/mol. The maximum absolute atomic E-state index is 8.63. The van der Waals surface area contributed by atoms with Gasteiger partial charge in [-0.2, -0.15) is 0 Å². The van der Waals surface area contributed by atoms with Crippen molar-refractivity contribution in [2.45, 2.75) is 17.3 Å². The Bertz CT molecular complexity index is 1050. The molecule has 2 aromatic carbocycles. The number of aromatic nitrogens is 1. The van der Waals surface area contributed by atoms with Crippen LogP contribution in [0, 0.1) is 0 Å². The van der Waals surface area contributed by atoms with E-state index in [0.717, 1.165) is 4.82 Å². The molecular weight excluding hydrogens is 405 g/mol. The molecule has 1 aliphatic carbocycles. The van der Waals surface area contributed by atoms with E-state index in [-0.39, 0.29) is 0 Å². The summed E-state index contributed by atoms with van der Waals surface area (Å²) in [6, 6.07) is 20.8. The minimum atomic E-state index is -4.92. The zero-order valence-corrected chi connectivity index (χ0v) is 15.6. The van der Waals surface area contributed by atoms with Gasteiger partial charge in [-0.05, 0) is 0 Å². The zero-order valence-electron chi connectivity index (χ0n) is 13.1. The SMILES string of the molecule is O=S(=O)([O-])O.c1ccc2c(c1)C[C@H]1[Se]c3cccc4ccc[n+](c34)[C@@H]21. The summed E-state index contributed by atoms with van der Waals surface area (Å²) in [5.74, 6) is 0. The van der Waals surface area contributed by atoms with Crippen molar-refractivity contribution < 1.29 is 22.1 Å². The van der Waals surface area contributed by atoms with Crippen LogP contribution in [0.15, 0.2) is 60.8 Å². The average molecular weight is 420 g/mol. The van der Waals surface area contributed by atoms with Crippen molar-refractivity contribution in [2.75, 3.05) is 0 Å². The third kappa shape index (κ3) is 3.21. The van der Waals surface area contributed by atoms with E-state index in [0.29, 0.717) is 21.0 Å². The van der Waals surface area contributed by atoms with E-state index in [2.05, 4.69) is 65.4 Å². The van der Waals surface area contributed by atoms with Gasteiger partial charge in [0.05, 0.1) is 0 Å². The summed E-state index contributed by atoms with van der Waals surface area (Å²) in [6.45, 7) is 0. The first-order valence-electron chi connectivity index (χ1n) is 7.77. The molecule has 3 aromatic rings. The molecule has 2 atom stereocenters. The van der Waals surface area contributed by atoms with E-state index in [1.54, 1.807) is 15.6 Å². The number of benzene rings is 2.